The van der Waals surface area contributed by atoms with E-state index < -0.39 is 23.7 Å². The smallest absolute Gasteiger partial charge is 0.280 e. The Morgan fingerprint density at radius 1 is 1.30 bits per heavy atom. The maximum absolute atomic E-state index is 13.6. The number of ether oxygens (including phenoxy) is 1. The van der Waals surface area contributed by atoms with Crippen molar-refractivity contribution in [2.45, 2.75) is 46.8 Å². The van der Waals surface area contributed by atoms with Crippen LogP contribution in [0.4, 0.5) is 4.39 Å². The van der Waals surface area contributed by atoms with Crippen molar-refractivity contribution < 1.29 is 18.7 Å². The van der Waals surface area contributed by atoms with Gasteiger partial charge in [-0.3, -0.25) is 20.4 Å². The summed E-state index contributed by atoms with van der Waals surface area (Å²) < 4.78 is 21.0. The number of para-hydroxylation sites is 1. The second-order valence-corrected chi connectivity index (χ2v) is 6.78. The van der Waals surface area contributed by atoms with E-state index in [-0.39, 0.29) is 11.3 Å². The number of nitrogens with one attached hydrogen (secondary N) is 2. The van der Waals surface area contributed by atoms with Crippen LogP contribution in [0, 0.1) is 31.0 Å². The van der Waals surface area contributed by atoms with Gasteiger partial charge in [-0.2, -0.15) is 5.26 Å². The maximum Gasteiger partial charge on any atom is 0.280 e. The summed E-state index contributed by atoms with van der Waals surface area (Å²) in [4.78, 5) is 24.5. The third-order valence-electron chi connectivity index (χ3n) is 4.53. The van der Waals surface area contributed by atoms with E-state index in [1.807, 2.05) is 26.0 Å². The molecule has 158 valence electrons. The number of hydrazine groups is 1. The highest BCUT2D eigenvalue weighted by molar-refractivity contribution is 6.02. The fourth-order valence-corrected chi connectivity index (χ4v) is 2.92. The molecule has 2 N–H and O–H groups in total. The van der Waals surface area contributed by atoms with Gasteiger partial charge in [0.1, 0.15) is 11.6 Å². The van der Waals surface area contributed by atoms with E-state index in [1.165, 1.54) is 31.2 Å². The van der Waals surface area contributed by atoms with Crippen LogP contribution in [-0.2, 0) is 16.1 Å². The van der Waals surface area contributed by atoms with E-state index in [0.717, 1.165) is 29.9 Å². The number of hydrogen-bond acceptors (Lipinski definition) is 4. The molecule has 1 aromatic carbocycles. The highest BCUT2D eigenvalue weighted by Gasteiger charge is 2.18. The zero-order valence-electron chi connectivity index (χ0n) is 17.5. The van der Waals surface area contributed by atoms with Gasteiger partial charge in [0.25, 0.3) is 11.8 Å². The number of carbonyl (C=O) groups excluding carboxylic acids is 2. The number of amides is 2. The average molecular weight is 412 g/mol. The van der Waals surface area contributed by atoms with Crippen molar-refractivity contribution in [3.05, 3.63) is 58.7 Å². The maximum atomic E-state index is 13.6. The summed E-state index contributed by atoms with van der Waals surface area (Å²) in [5.41, 5.74) is 6.97. The standard InChI is InChI=1S/C22H25FN4O3/c1-5-10-27-14(2)11-17(15(27)3)12-18(13-24)22(29)26-25-21(28)16(4)30-20-9-7-6-8-19(20)23/h6-9,11-12,16H,5,10H2,1-4H3,(H,25,28)(H,26,29)/b18-12+. The molecule has 0 bridgehead atoms. The van der Waals surface area contributed by atoms with Gasteiger partial charge in [0.2, 0.25) is 0 Å². The first-order valence-corrected chi connectivity index (χ1v) is 9.58. The molecule has 2 amide bonds. The Balaban J connectivity index is 2.03. The average Bonchev–Trinajstić information content (AvgIpc) is 2.99. The molecule has 0 aliphatic carbocycles. The Morgan fingerprint density at radius 3 is 2.63 bits per heavy atom. The topological polar surface area (TPSA) is 96.1 Å². The van der Waals surface area contributed by atoms with Crippen LogP contribution in [-0.4, -0.2) is 22.5 Å². The Labute approximate surface area is 175 Å². The van der Waals surface area contributed by atoms with Crippen molar-refractivity contribution in [3.63, 3.8) is 0 Å². The second-order valence-electron chi connectivity index (χ2n) is 6.78. The van der Waals surface area contributed by atoms with E-state index in [1.54, 1.807) is 6.07 Å². The lowest BCUT2D eigenvalue weighted by Gasteiger charge is -2.15. The van der Waals surface area contributed by atoms with Gasteiger partial charge in [0.05, 0.1) is 0 Å². The van der Waals surface area contributed by atoms with Crippen molar-refractivity contribution in [2.24, 2.45) is 0 Å². The van der Waals surface area contributed by atoms with Gasteiger partial charge < -0.3 is 9.30 Å². The van der Waals surface area contributed by atoms with Gasteiger partial charge in [-0.25, -0.2) is 4.39 Å². The molecule has 30 heavy (non-hydrogen) atoms. The molecule has 1 aromatic heterocycles. The first-order valence-electron chi connectivity index (χ1n) is 9.58. The van der Waals surface area contributed by atoms with Crippen molar-refractivity contribution in [1.29, 1.82) is 5.26 Å². The summed E-state index contributed by atoms with van der Waals surface area (Å²) in [6.45, 7) is 8.21. The Kier molecular flexibility index (Phi) is 7.76. The minimum absolute atomic E-state index is 0.0773. The molecule has 0 radical (unpaired) electrons. The zero-order chi connectivity index (χ0) is 22.3. The highest BCUT2D eigenvalue weighted by Crippen LogP contribution is 2.19. The number of aromatic nitrogens is 1. The number of nitriles is 1. The molecular weight excluding hydrogens is 387 g/mol. The number of halogens is 1. The molecule has 8 heteroatoms. The predicted octanol–water partition coefficient (Wildman–Crippen LogP) is 3.18. The van der Waals surface area contributed by atoms with Gasteiger partial charge in [-0.05, 0) is 57.0 Å². The van der Waals surface area contributed by atoms with Gasteiger partial charge in [-0.1, -0.05) is 19.1 Å². The highest BCUT2D eigenvalue weighted by atomic mass is 19.1. The van der Waals surface area contributed by atoms with Crippen LogP contribution in [0.5, 0.6) is 5.75 Å². The molecule has 0 saturated heterocycles. The van der Waals surface area contributed by atoms with Gasteiger partial charge >= 0.3 is 0 Å². The lowest BCUT2D eigenvalue weighted by molar-refractivity contribution is -0.131. The van der Waals surface area contributed by atoms with E-state index >= 15 is 0 Å². The first-order chi connectivity index (χ1) is 14.3. The summed E-state index contributed by atoms with van der Waals surface area (Å²) in [6, 6.07) is 9.43. The molecule has 1 atom stereocenters. The van der Waals surface area contributed by atoms with Crippen LogP contribution >= 0.6 is 0 Å². The van der Waals surface area contributed by atoms with Gasteiger partial charge in [0, 0.05) is 17.9 Å². The third-order valence-corrected chi connectivity index (χ3v) is 4.53. The molecule has 1 heterocycles. The zero-order valence-corrected chi connectivity index (χ0v) is 17.5. The van der Waals surface area contributed by atoms with Crippen LogP contribution < -0.4 is 15.6 Å². The number of nitrogens with zero attached hydrogens (tertiary/aromatic N) is 2. The fourth-order valence-electron chi connectivity index (χ4n) is 2.92. The SMILES string of the molecule is CCCn1c(C)cc(/C=C(\C#N)C(=O)NNC(=O)C(C)Oc2ccccc2F)c1C. The van der Waals surface area contributed by atoms with Crippen molar-refractivity contribution in [2.75, 3.05) is 0 Å². The summed E-state index contributed by atoms with van der Waals surface area (Å²) in [5.74, 6) is -2.13. The van der Waals surface area contributed by atoms with E-state index in [9.17, 15) is 19.2 Å². The fraction of sp³-hybridized carbons (Fsp3) is 0.318. The summed E-state index contributed by atoms with van der Waals surface area (Å²) in [5, 5.41) is 9.36. The summed E-state index contributed by atoms with van der Waals surface area (Å²) in [6.07, 6.45) is 1.38. The van der Waals surface area contributed by atoms with E-state index in [2.05, 4.69) is 22.3 Å². The molecule has 2 aromatic rings. The monoisotopic (exact) mass is 412 g/mol. The number of aryl methyl sites for hydroxylation is 1. The van der Waals surface area contributed by atoms with Gasteiger partial charge in [-0.15, -0.1) is 0 Å². The van der Waals surface area contributed by atoms with Crippen LogP contribution in [0.25, 0.3) is 6.08 Å². The number of carbonyl (C=O) groups is 2. The van der Waals surface area contributed by atoms with Crippen LogP contribution in [0.15, 0.2) is 35.9 Å². The summed E-state index contributed by atoms with van der Waals surface area (Å²) >= 11 is 0. The largest absolute Gasteiger partial charge is 0.478 e. The molecule has 2 rings (SSSR count). The molecule has 0 spiro atoms. The molecule has 0 saturated carbocycles. The van der Waals surface area contributed by atoms with Crippen LogP contribution in [0.2, 0.25) is 0 Å². The molecule has 1 unspecified atom stereocenters. The van der Waals surface area contributed by atoms with Crippen molar-refractivity contribution in [1.82, 2.24) is 15.4 Å². The molecule has 0 aliphatic heterocycles. The van der Waals surface area contributed by atoms with Crippen molar-refractivity contribution >= 4 is 17.9 Å². The third kappa shape index (κ3) is 5.47. The Hall–Kier alpha value is -3.60. The minimum atomic E-state index is -1.07. The Bertz CT molecular complexity index is 1000. The lowest BCUT2D eigenvalue weighted by atomic mass is 10.1. The summed E-state index contributed by atoms with van der Waals surface area (Å²) in [7, 11) is 0. The molecule has 7 nitrogen and oxygen atoms in total. The number of benzene rings is 1. The quantitative estimate of drug-likeness (QED) is 0.415. The van der Waals surface area contributed by atoms with Gasteiger partial charge in [0.15, 0.2) is 17.7 Å². The predicted molar refractivity (Wildman–Crippen MR) is 111 cm³/mol. The second kappa shape index (κ2) is 10.3. The molecule has 0 fully saturated rings. The van der Waals surface area contributed by atoms with Crippen LogP contribution in [0.3, 0.4) is 0 Å². The van der Waals surface area contributed by atoms with E-state index in [0.29, 0.717) is 0 Å². The number of rotatable bonds is 7. The minimum Gasteiger partial charge on any atom is -0.478 e. The molecule has 0 aliphatic rings. The van der Waals surface area contributed by atoms with Crippen molar-refractivity contribution in [3.8, 4) is 11.8 Å². The van der Waals surface area contributed by atoms with Crippen LogP contribution in [0.1, 0.15) is 37.2 Å². The Morgan fingerprint density at radius 2 is 2.00 bits per heavy atom. The normalized spacial score (nSPS) is 12.1. The first kappa shape index (κ1) is 22.7. The lowest BCUT2D eigenvalue weighted by Crippen LogP contribution is -2.47. The molecular formula is C22H25FN4O3. The van der Waals surface area contributed by atoms with E-state index in [4.69, 9.17) is 4.74 Å². The number of hydrogen-bond donors (Lipinski definition) is 2.